The number of amides is 1. The molecule has 0 saturated carbocycles. The summed E-state index contributed by atoms with van der Waals surface area (Å²) in [4.78, 5) is 19.9. The predicted molar refractivity (Wildman–Crippen MR) is 67.1 cm³/mol. The first-order valence-electron chi connectivity index (χ1n) is 5.10. The van der Waals surface area contributed by atoms with Crippen LogP contribution in [0.15, 0.2) is 29.9 Å². The molecule has 2 rings (SSSR count). The lowest BCUT2D eigenvalue weighted by Gasteiger charge is -2.02. The minimum absolute atomic E-state index is 0.119. The highest BCUT2D eigenvalue weighted by atomic mass is 32.1. The summed E-state index contributed by atoms with van der Waals surface area (Å²) >= 11 is 1.51. The number of hydrogen-bond acceptors (Lipinski definition) is 5. The summed E-state index contributed by atoms with van der Waals surface area (Å²) in [5.41, 5.74) is 1.45. The summed E-state index contributed by atoms with van der Waals surface area (Å²) in [5, 5.41) is 8.52. The molecule has 2 N–H and O–H groups in total. The SMILES string of the molecule is CNc1nc(CNC(=O)c2ccncc2)cs1. The first-order valence-corrected chi connectivity index (χ1v) is 5.98. The van der Waals surface area contributed by atoms with Crippen molar-refractivity contribution in [3.63, 3.8) is 0 Å². The monoisotopic (exact) mass is 248 g/mol. The van der Waals surface area contributed by atoms with Crippen LogP contribution in [0, 0.1) is 0 Å². The summed E-state index contributed by atoms with van der Waals surface area (Å²) in [6.07, 6.45) is 3.19. The largest absolute Gasteiger partial charge is 0.365 e. The van der Waals surface area contributed by atoms with E-state index in [-0.39, 0.29) is 5.91 Å². The number of aromatic nitrogens is 2. The van der Waals surface area contributed by atoms with Crippen LogP contribution in [0.25, 0.3) is 0 Å². The Morgan fingerprint density at radius 2 is 2.18 bits per heavy atom. The molecule has 1 amide bonds. The maximum absolute atomic E-state index is 11.7. The Bertz CT molecular complexity index is 497. The van der Waals surface area contributed by atoms with E-state index in [4.69, 9.17) is 0 Å². The van der Waals surface area contributed by atoms with Gasteiger partial charge in [0.05, 0.1) is 12.2 Å². The van der Waals surface area contributed by atoms with Gasteiger partial charge in [0.2, 0.25) is 0 Å². The number of rotatable bonds is 4. The minimum Gasteiger partial charge on any atom is -0.365 e. The molecular weight excluding hydrogens is 236 g/mol. The van der Waals surface area contributed by atoms with Crippen molar-refractivity contribution in [2.75, 3.05) is 12.4 Å². The second-order valence-electron chi connectivity index (χ2n) is 3.31. The van der Waals surface area contributed by atoms with Gasteiger partial charge in [0.25, 0.3) is 5.91 Å². The van der Waals surface area contributed by atoms with Gasteiger partial charge in [0.1, 0.15) is 0 Å². The predicted octanol–water partition coefficient (Wildman–Crippen LogP) is 1.51. The van der Waals surface area contributed by atoms with Crippen molar-refractivity contribution in [1.29, 1.82) is 0 Å². The van der Waals surface area contributed by atoms with Crippen molar-refractivity contribution in [3.05, 3.63) is 41.2 Å². The first-order chi connectivity index (χ1) is 8.29. The Kier molecular flexibility index (Phi) is 3.66. The molecule has 0 fully saturated rings. The van der Waals surface area contributed by atoms with Gasteiger partial charge in [0.15, 0.2) is 5.13 Å². The molecule has 5 nitrogen and oxygen atoms in total. The van der Waals surface area contributed by atoms with Gasteiger partial charge in [-0.1, -0.05) is 0 Å². The highest BCUT2D eigenvalue weighted by molar-refractivity contribution is 7.13. The van der Waals surface area contributed by atoms with E-state index in [1.807, 2.05) is 12.4 Å². The van der Waals surface area contributed by atoms with Crippen molar-refractivity contribution in [2.45, 2.75) is 6.54 Å². The fourth-order valence-corrected chi connectivity index (χ4v) is 1.95. The summed E-state index contributed by atoms with van der Waals surface area (Å²) in [5.74, 6) is -0.119. The Morgan fingerprint density at radius 3 is 2.82 bits per heavy atom. The lowest BCUT2D eigenvalue weighted by molar-refractivity contribution is 0.0950. The van der Waals surface area contributed by atoms with E-state index in [1.165, 1.54) is 11.3 Å². The standard InChI is InChI=1S/C11H12N4OS/c1-12-11-15-9(7-17-11)6-14-10(16)8-2-4-13-5-3-8/h2-5,7H,6H2,1H3,(H,12,15)(H,14,16). The second kappa shape index (κ2) is 5.40. The van der Waals surface area contributed by atoms with E-state index in [0.717, 1.165) is 10.8 Å². The molecule has 0 aliphatic rings. The zero-order valence-corrected chi connectivity index (χ0v) is 10.1. The topological polar surface area (TPSA) is 66.9 Å². The highest BCUT2D eigenvalue weighted by Crippen LogP contribution is 2.14. The maximum Gasteiger partial charge on any atom is 0.251 e. The van der Waals surface area contributed by atoms with E-state index < -0.39 is 0 Å². The van der Waals surface area contributed by atoms with Crippen molar-refractivity contribution >= 4 is 22.4 Å². The summed E-state index contributed by atoms with van der Waals surface area (Å²) in [6.45, 7) is 0.430. The summed E-state index contributed by atoms with van der Waals surface area (Å²) in [6, 6.07) is 3.35. The molecule has 0 unspecified atom stereocenters. The zero-order valence-electron chi connectivity index (χ0n) is 9.30. The average Bonchev–Trinajstić information content (AvgIpc) is 2.85. The molecule has 2 aromatic rings. The zero-order chi connectivity index (χ0) is 12.1. The molecule has 0 bridgehead atoms. The molecule has 0 aliphatic carbocycles. The number of hydrogen-bond donors (Lipinski definition) is 2. The van der Waals surface area contributed by atoms with Gasteiger partial charge in [-0.05, 0) is 12.1 Å². The fraction of sp³-hybridized carbons (Fsp3) is 0.182. The number of nitrogens with one attached hydrogen (secondary N) is 2. The van der Waals surface area contributed by atoms with Crippen LogP contribution < -0.4 is 10.6 Å². The molecule has 6 heteroatoms. The van der Waals surface area contributed by atoms with E-state index >= 15 is 0 Å². The van der Waals surface area contributed by atoms with Crippen molar-refractivity contribution in [1.82, 2.24) is 15.3 Å². The molecular formula is C11H12N4OS. The molecule has 0 saturated heterocycles. The Hall–Kier alpha value is -1.95. The van der Waals surface area contributed by atoms with Crippen LogP contribution in [0.4, 0.5) is 5.13 Å². The Labute approximate surface area is 103 Å². The number of thiazole rings is 1. The van der Waals surface area contributed by atoms with Crippen LogP contribution in [-0.4, -0.2) is 22.9 Å². The van der Waals surface area contributed by atoms with E-state index in [2.05, 4.69) is 20.6 Å². The average molecular weight is 248 g/mol. The number of anilines is 1. The quantitative estimate of drug-likeness (QED) is 0.860. The van der Waals surface area contributed by atoms with Gasteiger partial charge in [-0.15, -0.1) is 11.3 Å². The summed E-state index contributed by atoms with van der Waals surface area (Å²) < 4.78 is 0. The Morgan fingerprint density at radius 1 is 1.41 bits per heavy atom. The highest BCUT2D eigenvalue weighted by Gasteiger charge is 2.05. The number of carbonyl (C=O) groups excluding carboxylic acids is 1. The van der Waals surface area contributed by atoms with Crippen molar-refractivity contribution in [2.24, 2.45) is 0 Å². The second-order valence-corrected chi connectivity index (χ2v) is 4.17. The first kappa shape index (κ1) is 11.5. The van der Waals surface area contributed by atoms with E-state index in [1.54, 1.807) is 24.5 Å². The molecule has 2 heterocycles. The third-order valence-electron chi connectivity index (χ3n) is 2.14. The van der Waals surface area contributed by atoms with Gasteiger partial charge in [-0.2, -0.15) is 0 Å². The number of pyridine rings is 1. The normalized spacial score (nSPS) is 9.94. The molecule has 0 aromatic carbocycles. The van der Waals surface area contributed by atoms with E-state index in [9.17, 15) is 4.79 Å². The summed E-state index contributed by atoms with van der Waals surface area (Å²) in [7, 11) is 1.82. The molecule has 0 radical (unpaired) electrons. The smallest absolute Gasteiger partial charge is 0.251 e. The van der Waals surface area contributed by atoms with Crippen LogP contribution in [0.5, 0.6) is 0 Å². The van der Waals surface area contributed by atoms with Crippen LogP contribution in [0.3, 0.4) is 0 Å². The number of nitrogens with zero attached hydrogens (tertiary/aromatic N) is 2. The van der Waals surface area contributed by atoms with Crippen LogP contribution in [0.1, 0.15) is 16.1 Å². The third-order valence-corrected chi connectivity index (χ3v) is 3.05. The molecule has 0 spiro atoms. The van der Waals surface area contributed by atoms with Crippen molar-refractivity contribution < 1.29 is 4.79 Å². The lowest BCUT2D eigenvalue weighted by atomic mass is 10.2. The molecule has 0 atom stereocenters. The van der Waals surface area contributed by atoms with Gasteiger partial charge in [-0.25, -0.2) is 4.98 Å². The van der Waals surface area contributed by atoms with Crippen LogP contribution >= 0.6 is 11.3 Å². The molecule has 0 aliphatic heterocycles. The molecule has 2 aromatic heterocycles. The number of carbonyl (C=O) groups is 1. The molecule has 17 heavy (non-hydrogen) atoms. The molecule has 88 valence electrons. The van der Waals surface area contributed by atoms with Gasteiger partial charge < -0.3 is 10.6 Å². The lowest BCUT2D eigenvalue weighted by Crippen LogP contribution is -2.22. The van der Waals surface area contributed by atoms with Gasteiger partial charge >= 0.3 is 0 Å². The Balaban J connectivity index is 1.92. The minimum atomic E-state index is -0.119. The fourth-order valence-electron chi connectivity index (χ4n) is 1.28. The maximum atomic E-state index is 11.7. The van der Waals surface area contributed by atoms with Crippen LogP contribution in [-0.2, 0) is 6.54 Å². The van der Waals surface area contributed by atoms with Gasteiger partial charge in [-0.3, -0.25) is 9.78 Å². The van der Waals surface area contributed by atoms with Crippen LogP contribution in [0.2, 0.25) is 0 Å². The van der Waals surface area contributed by atoms with E-state index in [0.29, 0.717) is 12.1 Å². The van der Waals surface area contributed by atoms with Gasteiger partial charge in [0, 0.05) is 30.4 Å². The third kappa shape index (κ3) is 3.01. The van der Waals surface area contributed by atoms with Crippen molar-refractivity contribution in [3.8, 4) is 0 Å².